The van der Waals surface area contributed by atoms with Crippen LogP contribution < -0.4 is 5.11 Å². The lowest BCUT2D eigenvalue weighted by molar-refractivity contribution is -0.311. The first-order valence-electron chi connectivity index (χ1n) is 1.49. The molecule has 0 aliphatic heterocycles. The molecule has 0 saturated heterocycles. The molecule has 6 heavy (non-hydrogen) atoms. The van der Waals surface area contributed by atoms with Crippen LogP contribution in [0.15, 0.2) is 0 Å². The molecule has 0 saturated carbocycles. The van der Waals surface area contributed by atoms with E-state index in [4.69, 9.17) is 0 Å². The van der Waals surface area contributed by atoms with Crippen molar-refractivity contribution in [1.82, 2.24) is 0 Å². The number of carboxylic acid groups (broad SMARTS) is 1. The van der Waals surface area contributed by atoms with Gasteiger partial charge in [-0.05, 0) is 6.92 Å². The second-order valence-electron chi connectivity index (χ2n) is 0.935. The fraction of sp³-hybridized carbons (Fsp3) is 0.667. The fourth-order valence-corrected chi connectivity index (χ4v) is 0. The Morgan fingerprint density at radius 3 is 2.17 bits per heavy atom. The first kappa shape index (κ1) is 5.40. The van der Waals surface area contributed by atoms with Crippen molar-refractivity contribution in [1.29, 1.82) is 0 Å². The number of aliphatic carboxylic acids is 1. The SMILES string of the molecule is C[C@@H](F)C(=O)[O-]. The molecule has 0 heterocycles. The van der Waals surface area contributed by atoms with Crippen molar-refractivity contribution in [3.05, 3.63) is 0 Å². The summed E-state index contributed by atoms with van der Waals surface area (Å²) < 4.78 is 11.2. The molecule has 0 aliphatic rings. The predicted octanol–water partition coefficient (Wildman–Crippen LogP) is -0.906. The lowest BCUT2D eigenvalue weighted by Crippen LogP contribution is -2.30. The molecule has 0 N–H and O–H groups in total. The Morgan fingerprint density at radius 2 is 2.17 bits per heavy atom. The van der Waals surface area contributed by atoms with Crippen molar-refractivity contribution < 1.29 is 14.3 Å². The van der Waals surface area contributed by atoms with Crippen LogP contribution in [0, 0.1) is 0 Å². The molecule has 0 aromatic rings. The molecule has 2 nitrogen and oxygen atoms in total. The Labute approximate surface area is 34.6 Å². The zero-order chi connectivity index (χ0) is 5.15. The maximum absolute atomic E-state index is 11.2. The zero-order valence-corrected chi connectivity index (χ0v) is 3.27. The van der Waals surface area contributed by atoms with Crippen LogP contribution >= 0.6 is 0 Å². The molecule has 0 rings (SSSR count). The van der Waals surface area contributed by atoms with Gasteiger partial charge in [0.1, 0.15) is 6.17 Å². The van der Waals surface area contributed by atoms with Crippen molar-refractivity contribution >= 4 is 5.97 Å². The van der Waals surface area contributed by atoms with E-state index in [1.54, 1.807) is 0 Å². The van der Waals surface area contributed by atoms with Gasteiger partial charge in [-0.25, -0.2) is 4.39 Å². The topological polar surface area (TPSA) is 40.1 Å². The van der Waals surface area contributed by atoms with Gasteiger partial charge in [0.15, 0.2) is 0 Å². The van der Waals surface area contributed by atoms with Crippen LogP contribution in [0.1, 0.15) is 6.92 Å². The summed E-state index contributed by atoms with van der Waals surface area (Å²) in [6.45, 7) is 0.912. The minimum atomic E-state index is -1.84. The second kappa shape index (κ2) is 1.74. The van der Waals surface area contributed by atoms with E-state index in [2.05, 4.69) is 0 Å². The molecule has 0 unspecified atom stereocenters. The van der Waals surface area contributed by atoms with E-state index >= 15 is 0 Å². The Kier molecular flexibility index (Phi) is 1.57. The van der Waals surface area contributed by atoms with Crippen LogP contribution in [0.2, 0.25) is 0 Å². The van der Waals surface area contributed by atoms with E-state index in [1.165, 1.54) is 0 Å². The zero-order valence-electron chi connectivity index (χ0n) is 3.27. The summed E-state index contributed by atoms with van der Waals surface area (Å²) in [6.07, 6.45) is -1.84. The van der Waals surface area contributed by atoms with E-state index in [-0.39, 0.29) is 0 Å². The molecular formula is C3H4FO2-. The number of hydrogen-bond acceptors (Lipinski definition) is 2. The fourth-order valence-electron chi connectivity index (χ4n) is 0. The Bertz CT molecular complexity index is 59.8. The highest BCUT2D eigenvalue weighted by atomic mass is 19.1. The van der Waals surface area contributed by atoms with Gasteiger partial charge in [-0.15, -0.1) is 0 Å². The molecule has 0 fully saturated rings. The van der Waals surface area contributed by atoms with E-state index in [9.17, 15) is 14.3 Å². The smallest absolute Gasteiger partial charge is 0.137 e. The first-order valence-corrected chi connectivity index (χ1v) is 1.49. The summed E-state index contributed by atoms with van der Waals surface area (Å²) in [5.41, 5.74) is 0. The molecule has 36 valence electrons. The number of alkyl halides is 1. The summed E-state index contributed by atoms with van der Waals surface area (Å²) in [7, 11) is 0. The first-order chi connectivity index (χ1) is 2.64. The molecule has 0 spiro atoms. The quantitative estimate of drug-likeness (QED) is 0.419. The number of carbonyl (C=O) groups excluding carboxylic acids is 1. The van der Waals surface area contributed by atoms with E-state index in [0.29, 0.717) is 0 Å². The third-order valence-corrected chi connectivity index (χ3v) is 0.325. The summed E-state index contributed by atoms with van der Waals surface area (Å²) in [6, 6.07) is 0. The van der Waals surface area contributed by atoms with Crippen molar-refractivity contribution in [3.63, 3.8) is 0 Å². The number of halogens is 1. The molecule has 0 radical (unpaired) electrons. The summed E-state index contributed by atoms with van der Waals surface area (Å²) >= 11 is 0. The van der Waals surface area contributed by atoms with Crippen LogP contribution in [-0.4, -0.2) is 12.1 Å². The largest absolute Gasteiger partial charge is 0.547 e. The standard InChI is InChI=1S/C3H5FO2/c1-2(4)3(5)6/h2H,1H3,(H,5,6)/p-1/t2-/m1/s1. The summed E-state index contributed by atoms with van der Waals surface area (Å²) in [4.78, 5) is 9.21. The minimum absolute atomic E-state index is 0.912. The normalized spacial score (nSPS) is 13.7. The maximum Gasteiger partial charge on any atom is 0.137 e. The van der Waals surface area contributed by atoms with Crippen molar-refractivity contribution in [3.8, 4) is 0 Å². The molecule has 0 bridgehead atoms. The number of rotatable bonds is 1. The number of carbonyl (C=O) groups is 1. The molecular weight excluding hydrogens is 87.0 g/mol. The van der Waals surface area contributed by atoms with Gasteiger partial charge in [0.2, 0.25) is 0 Å². The second-order valence-corrected chi connectivity index (χ2v) is 0.935. The highest BCUT2D eigenvalue weighted by Gasteiger charge is 1.92. The number of carboxylic acids is 1. The summed E-state index contributed by atoms with van der Waals surface area (Å²) in [5.74, 6) is -1.66. The Morgan fingerprint density at radius 1 is 2.00 bits per heavy atom. The van der Waals surface area contributed by atoms with Gasteiger partial charge in [-0.2, -0.15) is 0 Å². The van der Waals surface area contributed by atoms with Gasteiger partial charge in [-0.1, -0.05) is 0 Å². The lowest BCUT2D eigenvalue weighted by atomic mass is 10.5. The summed E-state index contributed by atoms with van der Waals surface area (Å²) in [5, 5.41) is 9.21. The van der Waals surface area contributed by atoms with Crippen molar-refractivity contribution in [2.75, 3.05) is 0 Å². The van der Waals surface area contributed by atoms with Crippen LogP contribution in [-0.2, 0) is 4.79 Å². The van der Waals surface area contributed by atoms with Crippen LogP contribution in [0.5, 0.6) is 0 Å². The lowest BCUT2D eigenvalue weighted by Gasteiger charge is -1.97. The third kappa shape index (κ3) is 1.69. The third-order valence-electron chi connectivity index (χ3n) is 0.325. The molecule has 1 atom stereocenters. The van der Waals surface area contributed by atoms with Gasteiger partial charge in [0.25, 0.3) is 0 Å². The van der Waals surface area contributed by atoms with Crippen molar-refractivity contribution in [2.24, 2.45) is 0 Å². The predicted molar refractivity (Wildman–Crippen MR) is 15.6 cm³/mol. The monoisotopic (exact) mass is 91.0 g/mol. The van der Waals surface area contributed by atoms with Gasteiger partial charge in [0.05, 0.1) is 5.97 Å². The Hall–Kier alpha value is -0.600. The molecule has 0 aliphatic carbocycles. The van der Waals surface area contributed by atoms with Gasteiger partial charge in [-0.3, -0.25) is 0 Å². The van der Waals surface area contributed by atoms with E-state index < -0.39 is 12.1 Å². The van der Waals surface area contributed by atoms with Gasteiger partial charge < -0.3 is 9.90 Å². The average Bonchev–Trinajstić information content (AvgIpc) is 1.36. The Balaban J connectivity index is 3.26. The van der Waals surface area contributed by atoms with Gasteiger partial charge >= 0.3 is 0 Å². The average molecular weight is 91.1 g/mol. The van der Waals surface area contributed by atoms with Crippen molar-refractivity contribution in [2.45, 2.75) is 13.1 Å². The van der Waals surface area contributed by atoms with Crippen LogP contribution in [0.25, 0.3) is 0 Å². The highest BCUT2D eigenvalue weighted by molar-refractivity contribution is 5.68. The van der Waals surface area contributed by atoms with E-state index in [1.807, 2.05) is 0 Å². The molecule has 0 aromatic carbocycles. The van der Waals surface area contributed by atoms with Crippen LogP contribution in [0.3, 0.4) is 0 Å². The van der Waals surface area contributed by atoms with Gasteiger partial charge in [0, 0.05) is 0 Å². The van der Waals surface area contributed by atoms with E-state index in [0.717, 1.165) is 6.92 Å². The maximum atomic E-state index is 11.2. The molecule has 0 aromatic heterocycles. The number of hydrogen-bond donors (Lipinski definition) is 0. The minimum Gasteiger partial charge on any atom is -0.547 e. The van der Waals surface area contributed by atoms with Crippen LogP contribution in [0.4, 0.5) is 4.39 Å². The highest BCUT2D eigenvalue weighted by Crippen LogP contribution is 1.80. The molecule has 0 amide bonds. The molecule has 3 heteroatoms.